The zero-order chi connectivity index (χ0) is 26.9. The molecule has 4 heterocycles. The Labute approximate surface area is 225 Å². The summed E-state index contributed by atoms with van der Waals surface area (Å²) in [4.78, 5) is 25.0. The third-order valence-corrected chi connectivity index (χ3v) is 8.69. The Kier molecular flexibility index (Phi) is 5.77. The minimum atomic E-state index is -0.749. The van der Waals surface area contributed by atoms with Gasteiger partial charge in [0.05, 0.1) is 22.4 Å². The van der Waals surface area contributed by atoms with Crippen LogP contribution in [0.2, 0.25) is 5.02 Å². The SMILES string of the molecule is COc1nc(N2CC3CCC(C2)N3C(C)=O)c2cc(Cl)c(-c3ccc(F)c4sc(N)c(C#N)c34)c(F)c2n1. The van der Waals surface area contributed by atoms with E-state index in [1.165, 1.54) is 19.2 Å². The zero-order valence-corrected chi connectivity index (χ0v) is 22.0. The molecule has 12 heteroatoms. The number of fused-ring (bicyclic) bond motifs is 4. The molecule has 4 aromatic rings. The van der Waals surface area contributed by atoms with E-state index in [4.69, 9.17) is 22.1 Å². The number of amides is 1. The third kappa shape index (κ3) is 3.55. The number of ether oxygens (including phenoxy) is 1. The average Bonchev–Trinajstić information content (AvgIpc) is 3.38. The Morgan fingerprint density at radius 3 is 2.61 bits per heavy atom. The Balaban J connectivity index is 1.56. The van der Waals surface area contributed by atoms with E-state index >= 15 is 4.39 Å². The molecular weight excluding hydrogens is 534 g/mol. The number of methoxy groups -OCH3 is 1. The fourth-order valence-electron chi connectivity index (χ4n) is 5.84. The van der Waals surface area contributed by atoms with Crippen molar-refractivity contribution in [3.8, 4) is 23.2 Å². The Morgan fingerprint density at radius 1 is 1.26 bits per heavy atom. The number of anilines is 2. The minimum Gasteiger partial charge on any atom is -0.467 e. The molecule has 2 saturated heterocycles. The molecule has 2 aromatic carbocycles. The molecule has 2 aromatic heterocycles. The first-order valence-corrected chi connectivity index (χ1v) is 13.1. The number of nitrogen functional groups attached to an aromatic ring is 1. The van der Waals surface area contributed by atoms with Crippen molar-refractivity contribution in [2.45, 2.75) is 31.8 Å². The zero-order valence-electron chi connectivity index (χ0n) is 20.4. The number of carbonyl (C=O) groups is 1. The van der Waals surface area contributed by atoms with Gasteiger partial charge in [0.1, 0.15) is 28.2 Å². The lowest BCUT2D eigenvalue weighted by molar-refractivity contribution is -0.132. The number of carbonyl (C=O) groups excluding carboxylic acids is 1. The second-order valence-electron chi connectivity index (χ2n) is 9.45. The summed E-state index contributed by atoms with van der Waals surface area (Å²) in [6, 6.07) is 6.21. The Bertz CT molecular complexity index is 1690. The molecule has 0 radical (unpaired) electrons. The van der Waals surface area contributed by atoms with Crippen molar-refractivity contribution in [3.63, 3.8) is 0 Å². The standard InChI is InChI=1S/C26H21ClF2N6O2S/c1-11(36)35-12-3-4-13(35)10-34(9-12)25-15-7-17(27)20(21(29)22(15)32-26(33-25)37-2)14-5-6-18(28)23-19(14)16(8-30)24(31)38-23/h5-7,12-13H,3-4,9-10,31H2,1-2H3. The first-order chi connectivity index (χ1) is 18.2. The van der Waals surface area contributed by atoms with Crippen molar-refractivity contribution in [2.75, 3.05) is 30.8 Å². The summed E-state index contributed by atoms with van der Waals surface area (Å²) in [7, 11) is 1.40. The molecule has 2 fully saturated rings. The lowest BCUT2D eigenvalue weighted by Gasteiger charge is -2.41. The maximum absolute atomic E-state index is 16.4. The first kappa shape index (κ1) is 24.6. The van der Waals surface area contributed by atoms with Gasteiger partial charge in [-0.2, -0.15) is 15.2 Å². The van der Waals surface area contributed by atoms with Gasteiger partial charge in [-0.25, -0.2) is 8.78 Å². The van der Waals surface area contributed by atoms with Crippen molar-refractivity contribution >= 4 is 60.7 Å². The normalized spacial score (nSPS) is 18.8. The van der Waals surface area contributed by atoms with Crippen LogP contribution < -0.4 is 15.4 Å². The quantitative estimate of drug-likeness (QED) is 0.375. The lowest BCUT2D eigenvalue weighted by Crippen LogP contribution is -2.55. The molecule has 6 rings (SSSR count). The van der Waals surface area contributed by atoms with Gasteiger partial charge < -0.3 is 20.3 Å². The smallest absolute Gasteiger partial charge is 0.318 e. The van der Waals surface area contributed by atoms with E-state index in [9.17, 15) is 14.4 Å². The van der Waals surface area contributed by atoms with E-state index in [1.807, 2.05) is 15.9 Å². The number of hydrogen-bond acceptors (Lipinski definition) is 8. The van der Waals surface area contributed by atoms with Crippen LogP contribution in [0.3, 0.4) is 0 Å². The van der Waals surface area contributed by atoms with Gasteiger partial charge in [0.25, 0.3) is 0 Å². The predicted molar refractivity (Wildman–Crippen MR) is 143 cm³/mol. The summed E-state index contributed by atoms with van der Waals surface area (Å²) in [6.07, 6.45) is 1.76. The van der Waals surface area contributed by atoms with Gasteiger partial charge >= 0.3 is 6.01 Å². The molecule has 2 aliphatic heterocycles. The molecule has 8 nitrogen and oxygen atoms in total. The number of rotatable bonds is 3. The van der Waals surface area contributed by atoms with Gasteiger partial charge in [0.15, 0.2) is 5.82 Å². The van der Waals surface area contributed by atoms with Gasteiger partial charge in [-0.3, -0.25) is 4.79 Å². The summed E-state index contributed by atoms with van der Waals surface area (Å²) >= 11 is 7.63. The van der Waals surface area contributed by atoms with Crippen LogP contribution in [-0.2, 0) is 4.79 Å². The van der Waals surface area contributed by atoms with Crippen molar-refractivity contribution in [3.05, 3.63) is 40.4 Å². The molecular formula is C26H21ClF2N6O2S. The molecule has 2 atom stereocenters. The number of hydrogen-bond donors (Lipinski definition) is 1. The van der Waals surface area contributed by atoms with Gasteiger partial charge in [-0.15, -0.1) is 11.3 Å². The number of nitrogens with zero attached hydrogens (tertiary/aromatic N) is 5. The van der Waals surface area contributed by atoms with Gasteiger partial charge in [-0.05, 0) is 30.5 Å². The number of thiophene rings is 1. The Hall–Kier alpha value is -3.75. The van der Waals surface area contributed by atoms with E-state index in [2.05, 4.69) is 9.97 Å². The maximum atomic E-state index is 16.4. The summed E-state index contributed by atoms with van der Waals surface area (Å²) in [5.41, 5.74) is 6.24. The highest BCUT2D eigenvalue weighted by molar-refractivity contribution is 7.23. The van der Waals surface area contributed by atoms with Crippen LogP contribution in [-0.4, -0.2) is 53.1 Å². The third-order valence-electron chi connectivity index (χ3n) is 7.37. The van der Waals surface area contributed by atoms with Gasteiger partial charge in [0, 0.05) is 48.4 Å². The topological polar surface area (TPSA) is 108 Å². The van der Waals surface area contributed by atoms with Crippen LogP contribution in [0.4, 0.5) is 19.6 Å². The van der Waals surface area contributed by atoms with Crippen molar-refractivity contribution in [2.24, 2.45) is 0 Å². The maximum Gasteiger partial charge on any atom is 0.318 e. The van der Waals surface area contributed by atoms with E-state index < -0.39 is 11.6 Å². The Morgan fingerprint density at radius 2 is 1.97 bits per heavy atom. The fraction of sp³-hybridized carbons (Fsp3) is 0.308. The molecule has 0 saturated carbocycles. The van der Waals surface area contributed by atoms with Crippen LogP contribution in [0.5, 0.6) is 6.01 Å². The number of halogens is 3. The van der Waals surface area contributed by atoms with E-state index in [0.717, 1.165) is 24.2 Å². The second kappa shape index (κ2) is 8.92. The molecule has 1 amide bonds. The molecule has 2 unspecified atom stereocenters. The number of nitriles is 1. The molecule has 2 N–H and O–H groups in total. The number of aromatic nitrogens is 2. The molecule has 38 heavy (non-hydrogen) atoms. The molecule has 0 aliphatic carbocycles. The van der Waals surface area contributed by atoms with Crippen LogP contribution in [0.25, 0.3) is 32.1 Å². The average molecular weight is 555 g/mol. The predicted octanol–water partition coefficient (Wildman–Crippen LogP) is 5.11. The van der Waals surface area contributed by atoms with Crippen LogP contribution in [0, 0.1) is 23.0 Å². The largest absolute Gasteiger partial charge is 0.467 e. The number of benzene rings is 2. The highest BCUT2D eigenvalue weighted by atomic mass is 35.5. The van der Waals surface area contributed by atoms with Crippen molar-refractivity contribution in [1.82, 2.24) is 14.9 Å². The fourth-order valence-corrected chi connectivity index (χ4v) is 7.08. The van der Waals surface area contributed by atoms with Crippen LogP contribution in [0.15, 0.2) is 18.2 Å². The molecule has 0 spiro atoms. The van der Waals surface area contributed by atoms with E-state index in [0.29, 0.717) is 24.3 Å². The summed E-state index contributed by atoms with van der Waals surface area (Å²) in [6.45, 7) is 2.64. The highest BCUT2D eigenvalue weighted by Gasteiger charge is 2.42. The second-order valence-corrected chi connectivity index (χ2v) is 10.9. The van der Waals surface area contributed by atoms with Crippen LogP contribution >= 0.6 is 22.9 Å². The van der Waals surface area contributed by atoms with E-state index in [1.54, 1.807) is 13.0 Å². The lowest BCUT2D eigenvalue weighted by atomic mass is 9.97. The number of nitrogens with two attached hydrogens (primary N) is 1. The minimum absolute atomic E-state index is 0.0215. The van der Waals surface area contributed by atoms with Crippen molar-refractivity contribution in [1.29, 1.82) is 5.26 Å². The molecule has 194 valence electrons. The monoisotopic (exact) mass is 554 g/mol. The first-order valence-electron chi connectivity index (χ1n) is 11.9. The molecule has 2 bridgehead atoms. The highest BCUT2D eigenvalue weighted by Crippen LogP contribution is 2.46. The molecule has 2 aliphatic rings. The summed E-state index contributed by atoms with van der Waals surface area (Å²) < 4.78 is 36.5. The van der Waals surface area contributed by atoms with Crippen molar-refractivity contribution < 1.29 is 18.3 Å². The van der Waals surface area contributed by atoms with Crippen LogP contribution in [0.1, 0.15) is 25.3 Å². The van der Waals surface area contributed by atoms with Gasteiger partial charge in [0.2, 0.25) is 5.91 Å². The van der Waals surface area contributed by atoms with E-state index in [-0.39, 0.29) is 66.3 Å². The number of piperazine rings is 1. The van der Waals surface area contributed by atoms with Gasteiger partial charge in [-0.1, -0.05) is 17.7 Å². The summed E-state index contributed by atoms with van der Waals surface area (Å²) in [5.74, 6) is -0.815. The summed E-state index contributed by atoms with van der Waals surface area (Å²) in [5, 5.41) is 10.5.